The molecule has 4 atom stereocenters. The molecule has 0 radical (unpaired) electrons. The number of likely N-dealkylation sites (tertiary alicyclic amines) is 1. The van der Waals surface area contributed by atoms with Crippen molar-refractivity contribution in [3.8, 4) is 16.5 Å². The average molecular weight is 1010 g/mol. The van der Waals surface area contributed by atoms with E-state index in [4.69, 9.17) is 5.10 Å². The standard InChI is InChI=1S/C54H66N12O6S/c1-32(35-8-10-36(11-9-35)48-33(2)56-31-73-48)58-51(70)46-24-41(67)29-64(46)52(71)49(53(3,4)5)60-47(68)30-62-18-20-63(21-19-62)38-12-14-39(15-13-38)65-28-37-23-44(42(54(6,7)72)25-43(37)61-65)59-50(69)45-17-16-40-22-34(26-55)27-57-66(40)45/h8-11,16-17,22-23,25,27-28,31-32,38-39,41,46,49,67,72H,12-15,18-21,24,29-30H2,1-7H3,(H,58,70)(H,59,69)(H,60,68)/t32-,38?,39?,41+,46-,49+/m0/s1. The highest BCUT2D eigenvalue weighted by atomic mass is 32.1. The monoisotopic (exact) mass is 1010 g/mol. The van der Waals surface area contributed by atoms with Crippen molar-refractivity contribution in [3.63, 3.8) is 0 Å². The molecule has 1 saturated carbocycles. The number of hydrogen-bond donors (Lipinski definition) is 5. The molecule has 6 heterocycles. The van der Waals surface area contributed by atoms with Crippen LogP contribution in [0.4, 0.5) is 5.69 Å². The second-order valence-electron chi connectivity index (χ2n) is 21.6. The van der Waals surface area contributed by atoms with Crippen molar-refractivity contribution in [2.75, 3.05) is 44.6 Å². The summed E-state index contributed by atoms with van der Waals surface area (Å²) in [6.07, 6.45) is 6.53. The van der Waals surface area contributed by atoms with Gasteiger partial charge in [0.15, 0.2) is 0 Å². The number of aliphatic hydroxyl groups is 2. The molecule has 18 nitrogen and oxygen atoms in total. The molecule has 4 amide bonds. The van der Waals surface area contributed by atoms with E-state index in [1.807, 2.05) is 87.4 Å². The van der Waals surface area contributed by atoms with Crippen molar-refractivity contribution in [3.05, 3.63) is 101 Å². The maximum absolute atomic E-state index is 14.3. The molecule has 4 aromatic heterocycles. The number of thiazole rings is 1. The van der Waals surface area contributed by atoms with Crippen LogP contribution in [-0.2, 0) is 20.0 Å². The number of carbonyl (C=O) groups is 4. The molecular weight excluding hydrogens is 945 g/mol. The number of nitriles is 1. The summed E-state index contributed by atoms with van der Waals surface area (Å²) in [6, 6.07) is 17.3. The number of hydrogen-bond acceptors (Lipinski definition) is 13. The van der Waals surface area contributed by atoms with E-state index in [-0.39, 0.29) is 49.3 Å². The van der Waals surface area contributed by atoms with Gasteiger partial charge in [-0.3, -0.25) is 33.7 Å². The van der Waals surface area contributed by atoms with Gasteiger partial charge in [-0.2, -0.15) is 15.5 Å². The molecule has 9 rings (SSSR count). The van der Waals surface area contributed by atoms with E-state index in [1.165, 1.54) is 15.6 Å². The normalized spacial score (nSPS) is 21.0. The van der Waals surface area contributed by atoms with Crippen LogP contribution in [0.2, 0.25) is 0 Å². The molecule has 5 N–H and O–H groups in total. The van der Waals surface area contributed by atoms with E-state index >= 15 is 0 Å². The summed E-state index contributed by atoms with van der Waals surface area (Å²) in [5.74, 6) is -1.39. The van der Waals surface area contributed by atoms with Crippen molar-refractivity contribution in [2.24, 2.45) is 5.41 Å². The van der Waals surface area contributed by atoms with Gasteiger partial charge in [0.05, 0.1) is 69.2 Å². The minimum absolute atomic E-state index is 0.00491. The maximum atomic E-state index is 14.3. The van der Waals surface area contributed by atoms with Crippen molar-refractivity contribution in [1.82, 2.24) is 49.7 Å². The van der Waals surface area contributed by atoms with Crippen LogP contribution in [0, 0.1) is 23.7 Å². The number of nitrogens with one attached hydrogen (secondary N) is 3. The number of carbonyl (C=O) groups excluding carboxylic acids is 4. The van der Waals surface area contributed by atoms with Crippen LogP contribution in [0.5, 0.6) is 0 Å². The summed E-state index contributed by atoms with van der Waals surface area (Å²) >= 11 is 1.58. The lowest BCUT2D eigenvalue weighted by atomic mass is 9.85. The number of amides is 4. The zero-order valence-corrected chi connectivity index (χ0v) is 43.4. The number of aryl methyl sites for hydroxylation is 1. The Bertz CT molecular complexity index is 3050. The first-order valence-corrected chi connectivity index (χ1v) is 26.1. The Morgan fingerprint density at radius 3 is 2.30 bits per heavy atom. The zero-order valence-electron chi connectivity index (χ0n) is 42.6. The third-order valence-electron chi connectivity index (χ3n) is 14.8. The van der Waals surface area contributed by atoms with Crippen LogP contribution in [0.3, 0.4) is 0 Å². The molecule has 0 bridgehead atoms. The van der Waals surface area contributed by atoms with Gasteiger partial charge in [-0.05, 0) is 100 Å². The smallest absolute Gasteiger partial charge is 0.274 e. The fourth-order valence-corrected chi connectivity index (χ4v) is 11.5. The minimum Gasteiger partial charge on any atom is -0.391 e. The van der Waals surface area contributed by atoms with Gasteiger partial charge in [-0.25, -0.2) is 9.50 Å². The van der Waals surface area contributed by atoms with Gasteiger partial charge < -0.3 is 31.1 Å². The molecule has 1 aliphatic carbocycles. The third kappa shape index (κ3) is 11.2. The van der Waals surface area contributed by atoms with Crippen LogP contribution < -0.4 is 16.0 Å². The second kappa shape index (κ2) is 20.7. The molecule has 2 aliphatic heterocycles. The Morgan fingerprint density at radius 1 is 0.932 bits per heavy atom. The maximum Gasteiger partial charge on any atom is 0.274 e. The van der Waals surface area contributed by atoms with E-state index in [9.17, 15) is 34.7 Å². The predicted octanol–water partition coefficient (Wildman–Crippen LogP) is 5.94. The van der Waals surface area contributed by atoms with E-state index in [0.29, 0.717) is 47.2 Å². The fraction of sp³-hybridized carbons (Fsp3) is 0.481. The first-order chi connectivity index (χ1) is 34.7. The van der Waals surface area contributed by atoms with Gasteiger partial charge in [0.2, 0.25) is 17.7 Å². The van der Waals surface area contributed by atoms with Crippen molar-refractivity contribution in [1.29, 1.82) is 5.26 Å². The van der Waals surface area contributed by atoms with Gasteiger partial charge in [-0.15, -0.1) is 11.3 Å². The molecule has 6 aromatic rings. The Hall–Kier alpha value is -6.56. The lowest BCUT2D eigenvalue weighted by molar-refractivity contribution is -0.144. The lowest BCUT2D eigenvalue weighted by Crippen LogP contribution is -2.59. The average Bonchev–Trinajstić information content (AvgIpc) is 4.18. The summed E-state index contributed by atoms with van der Waals surface area (Å²) in [5, 5.41) is 50.4. The number of nitrogens with zero attached hydrogens (tertiary/aromatic N) is 9. The number of benzene rings is 2. The van der Waals surface area contributed by atoms with Crippen LogP contribution in [0.25, 0.3) is 26.9 Å². The summed E-state index contributed by atoms with van der Waals surface area (Å²) in [4.78, 5) is 67.0. The highest BCUT2D eigenvalue weighted by Crippen LogP contribution is 2.36. The Kier molecular flexibility index (Phi) is 14.6. The highest BCUT2D eigenvalue weighted by molar-refractivity contribution is 7.13. The molecule has 3 fully saturated rings. The number of aliphatic hydroxyl groups excluding tert-OH is 1. The molecule has 0 spiro atoms. The summed E-state index contributed by atoms with van der Waals surface area (Å²) in [7, 11) is 0. The number of fused-ring (bicyclic) bond motifs is 2. The highest BCUT2D eigenvalue weighted by Gasteiger charge is 2.45. The SMILES string of the molecule is Cc1ncsc1-c1ccc([C@H](C)NC(=O)[C@@H]2C[C@@H](O)CN2C(=O)[C@@H](NC(=O)CN2CCN(C3CCC(n4cc5cc(NC(=O)c6ccc7cc(C#N)cnn67)c(C(C)(C)O)cc5n4)CC3)CC2)C(C)(C)C)cc1. The summed E-state index contributed by atoms with van der Waals surface area (Å²) in [5.41, 5.74) is 5.85. The van der Waals surface area contributed by atoms with Crippen molar-refractivity contribution < 1.29 is 29.4 Å². The molecular formula is C54H66N12O6S. The first-order valence-electron chi connectivity index (χ1n) is 25.2. The van der Waals surface area contributed by atoms with Crippen LogP contribution >= 0.6 is 11.3 Å². The molecule has 3 aliphatic rings. The molecule has 2 saturated heterocycles. The topological polar surface area (TPSA) is 226 Å². The zero-order chi connectivity index (χ0) is 51.9. The van der Waals surface area contributed by atoms with Gasteiger partial charge in [0.25, 0.3) is 5.91 Å². The number of β-amino-alcohol motifs (C(OH)–C–C–N with tert-alkyl or cyclic N) is 1. The van der Waals surface area contributed by atoms with Gasteiger partial charge in [0, 0.05) is 68.0 Å². The summed E-state index contributed by atoms with van der Waals surface area (Å²) < 4.78 is 3.51. The van der Waals surface area contributed by atoms with E-state index in [0.717, 1.165) is 71.4 Å². The quantitative estimate of drug-likeness (QED) is 0.0907. The van der Waals surface area contributed by atoms with Gasteiger partial charge in [-0.1, -0.05) is 45.0 Å². The van der Waals surface area contributed by atoms with Crippen LogP contribution in [0.15, 0.2) is 72.5 Å². The Morgan fingerprint density at radius 2 is 1.64 bits per heavy atom. The predicted molar refractivity (Wildman–Crippen MR) is 278 cm³/mol. The van der Waals surface area contributed by atoms with Crippen molar-refractivity contribution in [2.45, 2.75) is 122 Å². The lowest BCUT2D eigenvalue weighted by Gasteiger charge is -2.42. The van der Waals surface area contributed by atoms with E-state index in [2.05, 4.69) is 41.9 Å². The Balaban J connectivity index is 0.763. The molecule has 19 heteroatoms. The first kappa shape index (κ1) is 51.3. The van der Waals surface area contributed by atoms with Gasteiger partial charge >= 0.3 is 0 Å². The molecule has 384 valence electrons. The minimum atomic E-state index is -1.28. The second-order valence-corrected chi connectivity index (χ2v) is 22.5. The van der Waals surface area contributed by atoms with Crippen molar-refractivity contribution >= 4 is 57.1 Å². The Labute approximate surface area is 429 Å². The molecule has 2 aromatic carbocycles. The molecule has 73 heavy (non-hydrogen) atoms. The largest absolute Gasteiger partial charge is 0.391 e. The number of aromatic nitrogens is 5. The number of piperazine rings is 1. The number of anilines is 1. The molecule has 0 unspecified atom stereocenters. The third-order valence-corrected chi connectivity index (χ3v) is 15.8. The van der Waals surface area contributed by atoms with Gasteiger partial charge in [0.1, 0.15) is 23.8 Å². The fourth-order valence-electron chi connectivity index (χ4n) is 10.7. The van der Waals surface area contributed by atoms with E-state index < -0.39 is 35.1 Å². The van der Waals surface area contributed by atoms with Crippen LogP contribution in [0.1, 0.15) is 119 Å². The van der Waals surface area contributed by atoms with Crippen LogP contribution in [-0.4, -0.2) is 136 Å². The summed E-state index contributed by atoms with van der Waals surface area (Å²) in [6.45, 7) is 16.1. The number of rotatable bonds is 13. The van der Waals surface area contributed by atoms with E-state index in [1.54, 1.807) is 43.4 Å².